The number of methoxy groups -OCH3 is 1. The van der Waals surface area contributed by atoms with Crippen molar-refractivity contribution in [3.8, 4) is 0 Å². The van der Waals surface area contributed by atoms with Crippen molar-refractivity contribution >= 4 is 11.9 Å². The van der Waals surface area contributed by atoms with E-state index in [1.807, 2.05) is 5.32 Å². The van der Waals surface area contributed by atoms with Crippen LogP contribution in [0.4, 0.5) is 8.78 Å². The zero-order valence-corrected chi connectivity index (χ0v) is 9.44. The van der Waals surface area contributed by atoms with E-state index in [4.69, 9.17) is 5.11 Å². The number of nitrogens with one attached hydrogen (secondary N) is 1. The molecule has 0 saturated heterocycles. The number of hydrogen-bond donors (Lipinski definition) is 2. The first-order valence-corrected chi connectivity index (χ1v) is 4.94. The highest BCUT2D eigenvalue weighted by Gasteiger charge is 2.24. The molecule has 0 aromatic heterocycles. The third-order valence-corrected chi connectivity index (χ3v) is 2.13. The predicted molar refractivity (Wildman–Crippen MR) is 57.1 cm³/mol. The number of hydrogen-bond acceptors (Lipinski definition) is 3. The third kappa shape index (κ3) is 3.24. The minimum atomic E-state index is -1.37. The van der Waals surface area contributed by atoms with Crippen molar-refractivity contribution in [3.05, 3.63) is 35.4 Å². The van der Waals surface area contributed by atoms with Crippen LogP contribution in [-0.2, 0) is 9.53 Å². The van der Waals surface area contributed by atoms with Crippen molar-refractivity contribution in [1.29, 1.82) is 0 Å². The normalized spacial score (nSPS) is 11.9. The lowest BCUT2D eigenvalue weighted by Crippen LogP contribution is -2.44. The number of rotatable bonds is 5. The summed E-state index contributed by atoms with van der Waals surface area (Å²) in [5.41, 5.74) is -0.820. The molecule has 0 aliphatic carbocycles. The zero-order chi connectivity index (χ0) is 13.7. The third-order valence-electron chi connectivity index (χ3n) is 2.13. The highest BCUT2D eigenvalue weighted by Crippen LogP contribution is 2.11. The molecule has 0 fully saturated rings. The van der Waals surface area contributed by atoms with E-state index in [1.165, 1.54) is 7.11 Å². The second-order valence-corrected chi connectivity index (χ2v) is 3.42. The second kappa shape index (κ2) is 6.06. The standard InChI is InChI=1S/C11H11F2NO4/c1-18-5-8(11(16)17)14-10(15)9-6(12)3-2-4-7(9)13/h2-4,8H,5H2,1H3,(H,14,15)(H,16,17)/t8-/m0/s1. The van der Waals surface area contributed by atoms with Crippen LogP contribution in [0.1, 0.15) is 10.4 Å². The van der Waals surface area contributed by atoms with Crippen LogP contribution in [0.2, 0.25) is 0 Å². The number of carboxylic acids is 1. The van der Waals surface area contributed by atoms with Gasteiger partial charge in [0.2, 0.25) is 0 Å². The van der Waals surface area contributed by atoms with Crippen molar-refractivity contribution in [2.45, 2.75) is 6.04 Å². The Hall–Kier alpha value is -2.02. The van der Waals surface area contributed by atoms with Gasteiger partial charge >= 0.3 is 5.97 Å². The van der Waals surface area contributed by atoms with Crippen LogP contribution in [0.5, 0.6) is 0 Å². The van der Waals surface area contributed by atoms with E-state index >= 15 is 0 Å². The smallest absolute Gasteiger partial charge is 0.328 e. The van der Waals surface area contributed by atoms with E-state index in [9.17, 15) is 18.4 Å². The van der Waals surface area contributed by atoms with Crippen LogP contribution in [-0.4, -0.2) is 36.7 Å². The van der Waals surface area contributed by atoms with Gasteiger partial charge in [0.1, 0.15) is 17.2 Å². The minimum absolute atomic E-state index is 0.308. The highest BCUT2D eigenvalue weighted by molar-refractivity contribution is 5.97. The molecule has 98 valence electrons. The summed E-state index contributed by atoms with van der Waals surface area (Å²) in [6.07, 6.45) is 0. The zero-order valence-electron chi connectivity index (χ0n) is 9.44. The summed E-state index contributed by atoms with van der Waals surface area (Å²) >= 11 is 0. The number of benzene rings is 1. The van der Waals surface area contributed by atoms with Gasteiger partial charge in [-0.05, 0) is 12.1 Å². The fourth-order valence-electron chi connectivity index (χ4n) is 1.29. The number of carbonyl (C=O) groups is 2. The maximum atomic E-state index is 13.3. The molecule has 0 aliphatic rings. The average Bonchev–Trinajstić information content (AvgIpc) is 2.28. The Morgan fingerprint density at radius 2 is 1.94 bits per heavy atom. The number of amides is 1. The molecule has 0 spiro atoms. The monoisotopic (exact) mass is 259 g/mol. The van der Waals surface area contributed by atoms with Gasteiger partial charge in [-0.2, -0.15) is 0 Å². The molecule has 0 heterocycles. The molecule has 1 aromatic rings. The first kappa shape index (κ1) is 14.0. The Morgan fingerprint density at radius 3 is 2.39 bits per heavy atom. The molecule has 0 unspecified atom stereocenters. The van der Waals surface area contributed by atoms with Crippen molar-refractivity contribution in [3.63, 3.8) is 0 Å². The quantitative estimate of drug-likeness (QED) is 0.819. The minimum Gasteiger partial charge on any atom is -0.480 e. The molecule has 0 bridgehead atoms. The van der Waals surface area contributed by atoms with Gasteiger partial charge in [-0.1, -0.05) is 6.07 Å². The van der Waals surface area contributed by atoms with Gasteiger partial charge in [0.05, 0.1) is 6.61 Å². The van der Waals surface area contributed by atoms with E-state index in [1.54, 1.807) is 0 Å². The molecule has 18 heavy (non-hydrogen) atoms. The summed E-state index contributed by atoms with van der Waals surface area (Å²) in [6, 6.07) is 1.54. The van der Waals surface area contributed by atoms with Crippen molar-refractivity contribution < 1.29 is 28.2 Å². The summed E-state index contributed by atoms with van der Waals surface area (Å²) in [5, 5.41) is 10.7. The lowest BCUT2D eigenvalue weighted by molar-refractivity contribution is -0.140. The molecule has 0 aliphatic heterocycles. The fraction of sp³-hybridized carbons (Fsp3) is 0.273. The summed E-state index contributed by atoms with van der Waals surface area (Å²) in [7, 11) is 1.24. The van der Waals surface area contributed by atoms with Crippen molar-refractivity contribution in [1.82, 2.24) is 5.32 Å². The van der Waals surface area contributed by atoms with Crippen LogP contribution in [0.25, 0.3) is 0 Å². The number of carboxylic acid groups (broad SMARTS) is 1. The summed E-state index contributed by atoms with van der Waals surface area (Å²) < 4.78 is 31.1. The molecule has 0 radical (unpaired) electrons. The molecule has 1 rings (SSSR count). The lowest BCUT2D eigenvalue weighted by atomic mass is 10.1. The molecule has 1 atom stereocenters. The topological polar surface area (TPSA) is 75.6 Å². The van der Waals surface area contributed by atoms with Gasteiger partial charge in [0, 0.05) is 7.11 Å². The van der Waals surface area contributed by atoms with Crippen LogP contribution >= 0.6 is 0 Å². The number of carbonyl (C=O) groups excluding carboxylic acids is 1. The largest absolute Gasteiger partial charge is 0.480 e. The summed E-state index contributed by atoms with van der Waals surface area (Å²) in [6.45, 7) is -0.308. The van der Waals surface area contributed by atoms with Gasteiger partial charge in [0.15, 0.2) is 6.04 Å². The van der Waals surface area contributed by atoms with Gasteiger partial charge in [-0.25, -0.2) is 13.6 Å². The maximum Gasteiger partial charge on any atom is 0.328 e. The second-order valence-electron chi connectivity index (χ2n) is 3.42. The summed E-state index contributed by atoms with van der Waals surface area (Å²) in [5.74, 6) is -4.62. The molecule has 0 saturated carbocycles. The molecular weight excluding hydrogens is 248 g/mol. The van der Waals surface area contributed by atoms with Crippen molar-refractivity contribution in [2.24, 2.45) is 0 Å². The van der Waals surface area contributed by atoms with E-state index in [0.717, 1.165) is 18.2 Å². The van der Waals surface area contributed by atoms with Crippen LogP contribution < -0.4 is 5.32 Å². The van der Waals surface area contributed by atoms with E-state index in [2.05, 4.69) is 4.74 Å². The number of ether oxygens (including phenoxy) is 1. The Bertz CT molecular complexity index is 444. The van der Waals surface area contributed by atoms with Gasteiger partial charge in [0.25, 0.3) is 5.91 Å². The molecule has 1 amide bonds. The van der Waals surface area contributed by atoms with E-state index in [0.29, 0.717) is 0 Å². The van der Waals surface area contributed by atoms with Gasteiger partial charge < -0.3 is 15.2 Å². The predicted octanol–water partition coefficient (Wildman–Crippen LogP) is 0.794. The Morgan fingerprint density at radius 1 is 1.39 bits per heavy atom. The number of halogens is 2. The van der Waals surface area contributed by atoms with Crippen LogP contribution in [0, 0.1) is 11.6 Å². The SMILES string of the molecule is COC[C@H](NC(=O)c1c(F)cccc1F)C(=O)O. The molecule has 2 N–H and O–H groups in total. The van der Waals surface area contributed by atoms with Crippen molar-refractivity contribution in [2.75, 3.05) is 13.7 Å². The first-order valence-electron chi connectivity index (χ1n) is 4.94. The summed E-state index contributed by atoms with van der Waals surface area (Å²) in [4.78, 5) is 22.3. The van der Waals surface area contributed by atoms with E-state index in [-0.39, 0.29) is 6.61 Å². The fourth-order valence-corrected chi connectivity index (χ4v) is 1.29. The Kier molecular flexibility index (Phi) is 4.73. The van der Waals surface area contributed by atoms with Gasteiger partial charge in [-0.3, -0.25) is 4.79 Å². The Balaban J connectivity index is 2.90. The van der Waals surface area contributed by atoms with Crippen LogP contribution in [0.15, 0.2) is 18.2 Å². The Labute approximate surface area is 101 Å². The highest BCUT2D eigenvalue weighted by atomic mass is 19.1. The molecule has 1 aromatic carbocycles. The molecule has 7 heteroatoms. The van der Waals surface area contributed by atoms with Crippen LogP contribution in [0.3, 0.4) is 0 Å². The first-order chi connectivity index (χ1) is 8.47. The maximum absolute atomic E-state index is 13.3. The van der Waals surface area contributed by atoms with E-state index < -0.39 is 35.1 Å². The molecule has 5 nitrogen and oxygen atoms in total. The average molecular weight is 259 g/mol. The van der Waals surface area contributed by atoms with Gasteiger partial charge in [-0.15, -0.1) is 0 Å². The number of aliphatic carboxylic acids is 1. The molecular formula is C11H11F2NO4. The lowest BCUT2D eigenvalue weighted by Gasteiger charge is -2.13.